The van der Waals surface area contributed by atoms with Crippen LogP contribution in [0.4, 0.5) is 5.13 Å². The van der Waals surface area contributed by atoms with E-state index in [0.717, 1.165) is 30.2 Å². The number of hydrogen-bond acceptors (Lipinski definition) is 6. The van der Waals surface area contributed by atoms with E-state index in [2.05, 4.69) is 20.5 Å². The van der Waals surface area contributed by atoms with Gasteiger partial charge in [0, 0.05) is 55.2 Å². The number of nitrogens with zero attached hydrogens (tertiary/aromatic N) is 3. The number of thiazole rings is 1. The molecule has 29 heavy (non-hydrogen) atoms. The maximum atomic E-state index is 13.0. The molecular formula is C21H25N5O2S. The smallest absolute Gasteiger partial charge is 0.270 e. The average Bonchev–Trinajstić information content (AvgIpc) is 3.27. The standard InChI is InChI=1S/C21H25N5O2S/c27-19(18-13-29-21(24-18)23-15-6-7-15)22-10-17-12-26(16-8-9-25(17)11-16)20(28)14-4-2-1-3-5-14/h1-5,13,15-17H,6-12H2,(H,22,27)(H,23,24)/t16-,17-/m0/s1. The van der Waals surface area contributed by atoms with Gasteiger partial charge in [0.2, 0.25) is 0 Å². The van der Waals surface area contributed by atoms with Crippen LogP contribution in [-0.2, 0) is 0 Å². The molecule has 8 heteroatoms. The Morgan fingerprint density at radius 1 is 1.14 bits per heavy atom. The fourth-order valence-corrected chi connectivity index (χ4v) is 4.95. The van der Waals surface area contributed by atoms with E-state index >= 15 is 0 Å². The van der Waals surface area contributed by atoms with Crippen molar-refractivity contribution < 1.29 is 9.59 Å². The maximum absolute atomic E-state index is 13.0. The van der Waals surface area contributed by atoms with Crippen LogP contribution >= 0.6 is 11.3 Å². The third-order valence-corrected chi connectivity index (χ3v) is 6.75. The zero-order valence-corrected chi connectivity index (χ0v) is 17.0. The number of aromatic nitrogens is 1. The summed E-state index contributed by atoms with van der Waals surface area (Å²) in [5, 5.41) is 8.98. The van der Waals surface area contributed by atoms with Crippen molar-refractivity contribution in [3.8, 4) is 0 Å². The van der Waals surface area contributed by atoms with E-state index in [9.17, 15) is 9.59 Å². The van der Waals surface area contributed by atoms with E-state index in [4.69, 9.17) is 0 Å². The van der Waals surface area contributed by atoms with E-state index < -0.39 is 0 Å². The number of fused-ring (bicyclic) bond motifs is 2. The minimum atomic E-state index is -0.146. The first-order chi connectivity index (χ1) is 14.2. The van der Waals surface area contributed by atoms with Crippen molar-refractivity contribution in [2.45, 2.75) is 37.4 Å². The summed E-state index contributed by atoms with van der Waals surface area (Å²) >= 11 is 1.47. The molecular weight excluding hydrogens is 386 g/mol. The zero-order chi connectivity index (χ0) is 19.8. The van der Waals surface area contributed by atoms with Crippen LogP contribution in [0, 0.1) is 0 Å². The van der Waals surface area contributed by atoms with Crippen LogP contribution in [-0.4, -0.2) is 70.9 Å². The fourth-order valence-electron chi connectivity index (χ4n) is 4.18. The first-order valence-electron chi connectivity index (χ1n) is 10.3. The van der Waals surface area contributed by atoms with Crippen LogP contribution in [0.3, 0.4) is 0 Å². The summed E-state index contributed by atoms with van der Waals surface area (Å²) in [4.78, 5) is 34.3. The first-order valence-corrected chi connectivity index (χ1v) is 11.2. The highest BCUT2D eigenvalue weighted by molar-refractivity contribution is 7.13. The summed E-state index contributed by atoms with van der Waals surface area (Å²) in [5.41, 5.74) is 1.19. The summed E-state index contributed by atoms with van der Waals surface area (Å²) in [6, 6.07) is 10.4. The van der Waals surface area contributed by atoms with Gasteiger partial charge in [-0.15, -0.1) is 11.3 Å². The van der Waals surface area contributed by atoms with E-state index in [1.807, 2.05) is 35.2 Å². The highest BCUT2D eigenvalue weighted by Crippen LogP contribution is 2.27. The van der Waals surface area contributed by atoms with Gasteiger partial charge in [-0.3, -0.25) is 14.5 Å². The lowest BCUT2D eigenvalue weighted by atomic mass is 10.1. The van der Waals surface area contributed by atoms with E-state index in [1.165, 1.54) is 24.2 Å². The molecule has 0 radical (unpaired) electrons. The second-order valence-electron chi connectivity index (χ2n) is 8.08. The number of carbonyl (C=O) groups is 2. The van der Waals surface area contributed by atoms with Gasteiger partial charge in [0.1, 0.15) is 5.69 Å². The van der Waals surface area contributed by atoms with Crippen molar-refractivity contribution in [2.24, 2.45) is 0 Å². The number of anilines is 1. The predicted octanol–water partition coefficient (Wildman–Crippen LogP) is 2.05. The number of piperazine rings is 1. The van der Waals surface area contributed by atoms with Crippen molar-refractivity contribution in [1.82, 2.24) is 20.1 Å². The largest absolute Gasteiger partial charge is 0.359 e. The Hall–Kier alpha value is -2.45. The molecule has 2 saturated heterocycles. The minimum Gasteiger partial charge on any atom is -0.359 e. The Kier molecular flexibility index (Phi) is 4.97. The quantitative estimate of drug-likeness (QED) is 0.761. The van der Waals surface area contributed by atoms with Gasteiger partial charge < -0.3 is 15.5 Å². The second-order valence-corrected chi connectivity index (χ2v) is 8.94. The molecule has 3 aliphatic rings. The molecule has 1 aromatic carbocycles. The van der Waals surface area contributed by atoms with Crippen LogP contribution in [0.15, 0.2) is 35.7 Å². The Labute approximate surface area is 174 Å². The van der Waals surface area contributed by atoms with Gasteiger partial charge in [-0.25, -0.2) is 4.98 Å². The lowest BCUT2D eigenvalue weighted by Crippen LogP contribution is -2.57. The van der Waals surface area contributed by atoms with Crippen molar-refractivity contribution in [3.63, 3.8) is 0 Å². The second kappa shape index (κ2) is 7.76. The third-order valence-electron chi connectivity index (χ3n) is 5.98. The Morgan fingerprint density at radius 3 is 2.76 bits per heavy atom. The van der Waals surface area contributed by atoms with Gasteiger partial charge >= 0.3 is 0 Å². The molecule has 1 aliphatic carbocycles. The van der Waals surface area contributed by atoms with Crippen LogP contribution < -0.4 is 10.6 Å². The fraction of sp³-hybridized carbons (Fsp3) is 0.476. The van der Waals surface area contributed by atoms with Crippen molar-refractivity contribution in [1.29, 1.82) is 0 Å². The normalized spacial score (nSPS) is 25.7. The number of amides is 2. The molecule has 0 spiro atoms. The van der Waals surface area contributed by atoms with Crippen LogP contribution in [0.5, 0.6) is 0 Å². The van der Waals surface area contributed by atoms with E-state index in [-0.39, 0.29) is 23.9 Å². The number of benzene rings is 1. The lowest BCUT2D eigenvalue weighted by Gasteiger charge is -2.40. The predicted molar refractivity (Wildman–Crippen MR) is 112 cm³/mol. The van der Waals surface area contributed by atoms with Gasteiger partial charge in [-0.05, 0) is 31.4 Å². The maximum Gasteiger partial charge on any atom is 0.270 e. The van der Waals surface area contributed by atoms with E-state index in [0.29, 0.717) is 24.8 Å². The van der Waals surface area contributed by atoms with Crippen LogP contribution in [0.1, 0.15) is 40.1 Å². The Bertz CT molecular complexity index is 897. The monoisotopic (exact) mass is 411 g/mol. The molecule has 3 atom stereocenters. The molecule has 2 N–H and O–H groups in total. The van der Waals surface area contributed by atoms with Crippen LogP contribution in [0.2, 0.25) is 0 Å². The third kappa shape index (κ3) is 4.00. The Morgan fingerprint density at radius 2 is 1.97 bits per heavy atom. The van der Waals surface area contributed by atoms with Gasteiger partial charge in [-0.2, -0.15) is 0 Å². The highest BCUT2D eigenvalue weighted by Gasteiger charge is 2.40. The Balaban J connectivity index is 1.21. The molecule has 2 amide bonds. The van der Waals surface area contributed by atoms with Gasteiger partial charge in [0.15, 0.2) is 5.13 Å². The molecule has 1 aromatic heterocycles. The zero-order valence-electron chi connectivity index (χ0n) is 16.2. The molecule has 2 aromatic rings. The first kappa shape index (κ1) is 18.6. The molecule has 1 saturated carbocycles. The molecule has 7 nitrogen and oxygen atoms in total. The summed E-state index contributed by atoms with van der Waals surface area (Å²) < 4.78 is 0. The summed E-state index contributed by atoms with van der Waals surface area (Å²) in [6.07, 6.45) is 3.35. The lowest BCUT2D eigenvalue weighted by molar-refractivity contribution is 0.0493. The van der Waals surface area contributed by atoms with Crippen molar-refractivity contribution in [2.75, 3.05) is 31.5 Å². The highest BCUT2D eigenvalue weighted by atomic mass is 32.1. The van der Waals surface area contributed by atoms with Crippen LogP contribution in [0.25, 0.3) is 0 Å². The summed E-state index contributed by atoms with van der Waals surface area (Å²) in [7, 11) is 0. The molecule has 2 aliphatic heterocycles. The number of nitrogens with one attached hydrogen (secondary N) is 2. The summed E-state index contributed by atoms with van der Waals surface area (Å²) in [6.45, 7) is 3.01. The molecule has 3 fully saturated rings. The molecule has 2 bridgehead atoms. The number of hydrogen-bond donors (Lipinski definition) is 2. The van der Waals surface area contributed by atoms with E-state index in [1.54, 1.807) is 5.38 Å². The SMILES string of the molecule is O=C(NC[C@H]1CN(C(=O)c2ccccc2)[C@H]2CCN1C2)c1csc(NC2CC2)n1. The summed E-state index contributed by atoms with van der Waals surface area (Å²) in [5.74, 6) is -0.0591. The topological polar surface area (TPSA) is 77.6 Å². The van der Waals surface area contributed by atoms with Crippen molar-refractivity contribution >= 4 is 28.3 Å². The molecule has 5 rings (SSSR count). The molecule has 1 unspecified atom stereocenters. The van der Waals surface area contributed by atoms with Gasteiger partial charge in [-0.1, -0.05) is 18.2 Å². The minimum absolute atomic E-state index is 0.0868. The van der Waals surface area contributed by atoms with Crippen molar-refractivity contribution in [3.05, 3.63) is 47.0 Å². The number of carbonyl (C=O) groups excluding carboxylic acids is 2. The average molecular weight is 412 g/mol. The molecule has 152 valence electrons. The number of rotatable bonds is 6. The molecule has 3 heterocycles. The van der Waals surface area contributed by atoms with Gasteiger partial charge in [0.25, 0.3) is 11.8 Å². The van der Waals surface area contributed by atoms with Gasteiger partial charge in [0.05, 0.1) is 0 Å².